The van der Waals surface area contributed by atoms with Gasteiger partial charge in [-0.2, -0.15) is 0 Å². The second-order valence-corrected chi connectivity index (χ2v) is 6.11. The van der Waals surface area contributed by atoms with E-state index in [1.807, 2.05) is 0 Å². The summed E-state index contributed by atoms with van der Waals surface area (Å²) in [5, 5.41) is 11.9. The lowest BCUT2D eigenvalue weighted by Gasteiger charge is -2.20. The predicted octanol–water partition coefficient (Wildman–Crippen LogP) is 2.18. The minimum Gasteiger partial charge on any atom is -0.481 e. The summed E-state index contributed by atoms with van der Waals surface area (Å²) >= 11 is 0. The molecule has 4 nitrogen and oxygen atoms in total. The lowest BCUT2D eigenvalue weighted by atomic mass is 9.90. The van der Waals surface area contributed by atoms with Crippen LogP contribution in [-0.2, 0) is 9.59 Å². The first kappa shape index (κ1) is 14.0. The zero-order chi connectivity index (χ0) is 13.1. The number of amides is 1. The van der Waals surface area contributed by atoms with Gasteiger partial charge in [-0.3, -0.25) is 9.59 Å². The van der Waals surface area contributed by atoms with Crippen LogP contribution in [0.15, 0.2) is 0 Å². The molecule has 4 heteroatoms. The van der Waals surface area contributed by atoms with Crippen molar-refractivity contribution in [2.75, 3.05) is 0 Å². The number of nitrogens with one attached hydrogen (secondary N) is 1. The summed E-state index contributed by atoms with van der Waals surface area (Å²) in [6.45, 7) is 6.28. The van der Waals surface area contributed by atoms with Gasteiger partial charge < -0.3 is 10.4 Å². The minimum atomic E-state index is -0.788. The van der Waals surface area contributed by atoms with E-state index in [-0.39, 0.29) is 17.4 Å². The molecule has 0 aliphatic heterocycles. The maximum Gasteiger partial charge on any atom is 0.308 e. The quantitative estimate of drug-likeness (QED) is 0.792. The molecule has 0 bridgehead atoms. The molecule has 0 radical (unpaired) electrons. The van der Waals surface area contributed by atoms with Crippen molar-refractivity contribution in [2.24, 2.45) is 11.3 Å². The lowest BCUT2D eigenvalue weighted by molar-refractivity contribution is -0.142. The van der Waals surface area contributed by atoms with E-state index in [4.69, 9.17) is 5.11 Å². The molecule has 17 heavy (non-hydrogen) atoms. The van der Waals surface area contributed by atoms with Crippen LogP contribution in [0.2, 0.25) is 0 Å². The predicted molar refractivity (Wildman–Crippen MR) is 65.6 cm³/mol. The van der Waals surface area contributed by atoms with Gasteiger partial charge in [0.1, 0.15) is 0 Å². The van der Waals surface area contributed by atoms with Crippen LogP contribution < -0.4 is 5.32 Å². The average molecular weight is 241 g/mol. The van der Waals surface area contributed by atoms with E-state index in [2.05, 4.69) is 26.1 Å². The third kappa shape index (κ3) is 4.75. The van der Waals surface area contributed by atoms with Crippen molar-refractivity contribution in [1.29, 1.82) is 0 Å². The van der Waals surface area contributed by atoms with Crippen molar-refractivity contribution in [3.8, 4) is 0 Å². The highest BCUT2D eigenvalue weighted by atomic mass is 16.4. The molecule has 98 valence electrons. The number of hydrogen-bond acceptors (Lipinski definition) is 2. The largest absolute Gasteiger partial charge is 0.481 e. The molecule has 1 saturated carbocycles. The average Bonchev–Trinajstić information content (AvgIpc) is 2.62. The standard InChI is InChI=1S/C13H23NO3/c1-13(2,3)8-7-11(15)14-10-6-4-5-9(10)12(16)17/h9-10H,4-8H2,1-3H3,(H,14,15)(H,16,17)/t9-,10+/m0/s1. The van der Waals surface area contributed by atoms with Gasteiger partial charge in [0.15, 0.2) is 0 Å². The molecule has 0 aromatic heterocycles. The Morgan fingerprint density at radius 2 is 1.94 bits per heavy atom. The van der Waals surface area contributed by atoms with Gasteiger partial charge >= 0.3 is 5.97 Å². The maximum absolute atomic E-state index is 11.7. The van der Waals surface area contributed by atoms with Gasteiger partial charge in [0.05, 0.1) is 5.92 Å². The molecule has 1 aliphatic rings. The van der Waals surface area contributed by atoms with Gasteiger partial charge in [0.2, 0.25) is 5.91 Å². The van der Waals surface area contributed by atoms with Gasteiger partial charge in [-0.1, -0.05) is 27.2 Å². The fourth-order valence-corrected chi connectivity index (χ4v) is 2.20. The van der Waals surface area contributed by atoms with E-state index in [0.29, 0.717) is 12.8 Å². The smallest absolute Gasteiger partial charge is 0.308 e. The van der Waals surface area contributed by atoms with Gasteiger partial charge in [-0.15, -0.1) is 0 Å². The van der Waals surface area contributed by atoms with Crippen LogP contribution >= 0.6 is 0 Å². The fraction of sp³-hybridized carbons (Fsp3) is 0.846. The van der Waals surface area contributed by atoms with Crippen molar-refractivity contribution in [1.82, 2.24) is 5.32 Å². The Kier molecular flexibility index (Phi) is 4.54. The summed E-state index contributed by atoms with van der Waals surface area (Å²) < 4.78 is 0. The Balaban J connectivity index is 2.38. The van der Waals surface area contributed by atoms with Crippen molar-refractivity contribution < 1.29 is 14.7 Å². The highest BCUT2D eigenvalue weighted by Gasteiger charge is 2.33. The summed E-state index contributed by atoms with van der Waals surface area (Å²) in [5.74, 6) is -1.20. The molecule has 0 unspecified atom stereocenters. The van der Waals surface area contributed by atoms with Gasteiger partial charge in [0.25, 0.3) is 0 Å². The molecule has 0 saturated heterocycles. The number of carbonyl (C=O) groups is 2. The normalized spacial score (nSPS) is 24.6. The highest BCUT2D eigenvalue weighted by Crippen LogP contribution is 2.26. The van der Waals surface area contributed by atoms with Crippen molar-refractivity contribution >= 4 is 11.9 Å². The number of carboxylic acids is 1. The first-order valence-corrected chi connectivity index (χ1v) is 6.32. The van der Waals surface area contributed by atoms with E-state index in [0.717, 1.165) is 19.3 Å². The van der Waals surface area contributed by atoms with Crippen LogP contribution in [0.5, 0.6) is 0 Å². The van der Waals surface area contributed by atoms with Crippen LogP contribution in [-0.4, -0.2) is 23.0 Å². The SMILES string of the molecule is CC(C)(C)CCC(=O)N[C@@H]1CCC[C@@H]1C(=O)O. The molecule has 1 aliphatic carbocycles. The Labute approximate surface area is 103 Å². The Morgan fingerprint density at radius 3 is 2.47 bits per heavy atom. The van der Waals surface area contributed by atoms with Gasteiger partial charge in [-0.25, -0.2) is 0 Å². The second-order valence-electron chi connectivity index (χ2n) is 6.11. The van der Waals surface area contributed by atoms with E-state index in [9.17, 15) is 9.59 Å². The molecule has 2 atom stereocenters. The number of aliphatic carboxylic acids is 1. The molecule has 1 rings (SSSR count). The third-order valence-electron chi connectivity index (χ3n) is 3.28. The Morgan fingerprint density at radius 1 is 1.29 bits per heavy atom. The van der Waals surface area contributed by atoms with Gasteiger partial charge in [-0.05, 0) is 24.7 Å². The minimum absolute atomic E-state index is 0.0157. The molecule has 0 aromatic carbocycles. The summed E-state index contributed by atoms with van der Waals surface area (Å²) in [6.07, 6.45) is 3.66. The van der Waals surface area contributed by atoms with Crippen LogP contribution in [0.4, 0.5) is 0 Å². The maximum atomic E-state index is 11.7. The molecule has 0 heterocycles. The lowest BCUT2D eigenvalue weighted by Crippen LogP contribution is -2.40. The monoisotopic (exact) mass is 241 g/mol. The van der Waals surface area contributed by atoms with Crippen molar-refractivity contribution in [3.05, 3.63) is 0 Å². The Bertz CT molecular complexity index is 294. The molecular weight excluding hydrogens is 218 g/mol. The van der Waals surface area contributed by atoms with Crippen LogP contribution in [0, 0.1) is 11.3 Å². The first-order chi connectivity index (χ1) is 7.79. The molecule has 2 N–H and O–H groups in total. The number of carbonyl (C=O) groups excluding carboxylic acids is 1. The number of rotatable bonds is 4. The highest BCUT2D eigenvalue weighted by molar-refractivity contribution is 5.78. The zero-order valence-electron chi connectivity index (χ0n) is 11.0. The van der Waals surface area contributed by atoms with Crippen LogP contribution in [0.3, 0.4) is 0 Å². The van der Waals surface area contributed by atoms with Crippen LogP contribution in [0.25, 0.3) is 0 Å². The first-order valence-electron chi connectivity index (χ1n) is 6.32. The van der Waals surface area contributed by atoms with Crippen molar-refractivity contribution in [3.63, 3.8) is 0 Å². The number of hydrogen-bond donors (Lipinski definition) is 2. The summed E-state index contributed by atoms with van der Waals surface area (Å²) in [6, 6.07) is -0.167. The van der Waals surface area contributed by atoms with E-state index in [1.165, 1.54) is 0 Å². The van der Waals surface area contributed by atoms with E-state index >= 15 is 0 Å². The van der Waals surface area contributed by atoms with Gasteiger partial charge in [0, 0.05) is 12.5 Å². The Hall–Kier alpha value is -1.06. The molecule has 1 fully saturated rings. The molecule has 0 aromatic rings. The molecule has 0 spiro atoms. The summed E-state index contributed by atoms with van der Waals surface area (Å²) in [7, 11) is 0. The topological polar surface area (TPSA) is 66.4 Å². The number of carboxylic acid groups (broad SMARTS) is 1. The van der Waals surface area contributed by atoms with E-state index in [1.54, 1.807) is 0 Å². The summed E-state index contributed by atoms with van der Waals surface area (Å²) in [5.41, 5.74) is 0.138. The molecule has 1 amide bonds. The van der Waals surface area contributed by atoms with Crippen molar-refractivity contribution in [2.45, 2.75) is 58.9 Å². The van der Waals surface area contributed by atoms with E-state index < -0.39 is 11.9 Å². The van der Waals surface area contributed by atoms with Crippen LogP contribution in [0.1, 0.15) is 52.9 Å². The second kappa shape index (κ2) is 5.52. The zero-order valence-corrected chi connectivity index (χ0v) is 11.0. The molecular formula is C13H23NO3. The third-order valence-corrected chi connectivity index (χ3v) is 3.28. The fourth-order valence-electron chi connectivity index (χ4n) is 2.20. The summed E-state index contributed by atoms with van der Waals surface area (Å²) in [4.78, 5) is 22.7.